The number of nitro benzene ring substituents is 1. The van der Waals surface area contributed by atoms with Crippen LogP contribution in [0.4, 0.5) is 23.0 Å². The van der Waals surface area contributed by atoms with E-state index in [0.29, 0.717) is 35.2 Å². The van der Waals surface area contributed by atoms with E-state index < -0.39 is 0 Å². The number of ether oxygens (including phenoxy) is 1. The number of hydrogen-bond acceptors (Lipinski definition) is 10. The number of nitrogens with one attached hydrogen (secondary N) is 1. The Morgan fingerprint density at radius 1 is 1.14 bits per heavy atom. The molecule has 13 heteroatoms. The van der Waals surface area contributed by atoms with Gasteiger partial charge in [0.2, 0.25) is 5.95 Å². The smallest absolute Gasteiger partial charge is 0.294 e. The fraction of sp³-hybridized carbons (Fsp3) is 0.333. The molecule has 0 fully saturated rings. The van der Waals surface area contributed by atoms with E-state index >= 15 is 0 Å². The van der Waals surface area contributed by atoms with Crippen molar-refractivity contribution in [1.82, 2.24) is 34.2 Å². The number of nitrogens with zero attached hydrogens (tertiary/aromatic N) is 9. The van der Waals surface area contributed by atoms with Crippen molar-refractivity contribution in [2.45, 2.75) is 19.4 Å². The van der Waals surface area contributed by atoms with Crippen LogP contribution in [0.1, 0.15) is 12.0 Å². The summed E-state index contributed by atoms with van der Waals surface area (Å²) in [6.45, 7) is 2.27. The van der Waals surface area contributed by atoms with Crippen LogP contribution in [0.5, 0.6) is 5.75 Å². The van der Waals surface area contributed by atoms with Gasteiger partial charge >= 0.3 is 0 Å². The first kappa shape index (κ1) is 28.1. The summed E-state index contributed by atoms with van der Waals surface area (Å²) in [4.78, 5) is 29.7. The Morgan fingerprint density at radius 2 is 1.98 bits per heavy atom. The lowest BCUT2D eigenvalue weighted by Crippen LogP contribution is -2.28. The number of benzene rings is 2. The highest BCUT2D eigenvalue weighted by molar-refractivity contribution is 6.00. The van der Waals surface area contributed by atoms with Crippen molar-refractivity contribution in [2.24, 2.45) is 7.05 Å². The van der Waals surface area contributed by atoms with E-state index in [1.54, 1.807) is 16.9 Å². The molecule has 0 spiro atoms. The third kappa shape index (κ3) is 5.23. The zero-order valence-corrected chi connectivity index (χ0v) is 24.9. The van der Waals surface area contributed by atoms with Gasteiger partial charge in [-0.2, -0.15) is 5.10 Å². The second kappa shape index (κ2) is 11.3. The number of rotatable bonds is 10. The topological polar surface area (TPSA) is 132 Å². The fourth-order valence-electron chi connectivity index (χ4n) is 5.66. The fourth-order valence-corrected chi connectivity index (χ4v) is 5.66. The van der Waals surface area contributed by atoms with Crippen LogP contribution >= 0.6 is 0 Å². The Morgan fingerprint density at radius 3 is 2.70 bits per heavy atom. The van der Waals surface area contributed by atoms with Crippen LogP contribution in [0.3, 0.4) is 0 Å². The predicted octanol–water partition coefficient (Wildman–Crippen LogP) is 4.50. The lowest BCUT2D eigenvalue weighted by atomic mass is 10.0. The van der Waals surface area contributed by atoms with Crippen molar-refractivity contribution in [1.29, 1.82) is 0 Å². The summed E-state index contributed by atoms with van der Waals surface area (Å²) < 4.78 is 9.65. The molecule has 222 valence electrons. The largest absolute Gasteiger partial charge is 0.494 e. The van der Waals surface area contributed by atoms with Gasteiger partial charge in [0, 0.05) is 69.2 Å². The lowest BCUT2D eigenvalue weighted by molar-refractivity contribution is -0.384. The summed E-state index contributed by atoms with van der Waals surface area (Å²) in [5.74, 6) is 1.34. The molecule has 0 bridgehead atoms. The van der Waals surface area contributed by atoms with Gasteiger partial charge in [-0.25, -0.2) is 19.6 Å². The molecule has 0 unspecified atom stereocenters. The number of aromatic nitrogens is 6. The molecule has 3 aromatic heterocycles. The zero-order chi connectivity index (χ0) is 30.2. The van der Waals surface area contributed by atoms with Gasteiger partial charge in [-0.15, -0.1) is 0 Å². The second-order valence-electron chi connectivity index (χ2n) is 11.0. The molecule has 4 heterocycles. The van der Waals surface area contributed by atoms with E-state index in [1.807, 2.05) is 38.0 Å². The van der Waals surface area contributed by atoms with Crippen LogP contribution in [0.15, 0.2) is 49.1 Å². The SMILES string of the molecule is COc1cc(N(C)CCN(C)C)c([N+](=O)[O-])cc1Nc1ncc(-c2ncnn2C)c(-c2cn3c4c(cccc24)CCC3)n1. The molecular weight excluding hydrogens is 548 g/mol. The maximum Gasteiger partial charge on any atom is 0.294 e. The average molecular weight is 583 g/mol. The normalized spacial score (nSPS) is 12.6. The van der Waals surface area contributed by atoms with Crippen LogP contribution in [-0.4, -0.2) is 80.5 Å². The van der Waals surface area contributed by atoms with Crippen LogP contribution in [0, 0.1) is 10.1 Å². The standard InChI is InChI=1S/C30H34N10O3/c1-36(2)12-13-37(3)24-15-26(43-5)23(14-25(24)40(41)42)34-30-31-16-21(29-32-18-33-38(29)4)27(35-30)22-17-39-11-7-9-19-8-6-10-20(22)28(19)39/h6,8,10,14-18H,7,9,11-13H2,1-5H3,(H,31,34,35). The van der Waals surface area contributed by atoms with Crippen molar-refractivity contribution in [3.63, 3.8) is 0 Å². The number of nitro groups is 1. The number of methoxy groups -OCH3 is 1. The lowest BCUT2D eigenvalue weighted by Gasteiger charge is -2.22. The minimum absolute atomic E-state index is 0.0468. The molecular formula is C30H34N10O3. The highest BCUT2D eigenvalue weighted by atomic mass is 16.6. The van der Waals surface area contributed by atoms with E-state index in [-0.39, 0.29) is 16.6 Å². The van der Waals surface area contributed by atoms with E-state index in [1.165, 1.54) is 30.6 Å². The van der Waals surface area contributed by atoms with Crippen molar-refractivity contribution < 1.29 is 9.66 Å². The number of hydrogen-bond donors (Lipinski definition) is 1. The van der Waals surface area contributed by atoms with Crippen molar-refractivity contribution in [2.75, 3.05) is 51.6 Å². The highest BCUT2D eigenvalue weighted by Crippen LogP contribution is 2.41. The Balaban J connectivity index is 1.46. The number of para-hydroxylation sites is 1. The molecule has 5 aromatic rings. The molecule has 6 rings (SSSR count). The van der Waals surface area contributed by atoms with Crippen molar-refractivity contribution in [3.05, 3.63) is 64.7 Å². The van der Waals surface area contributed by atoms with Gasteiger partial charge < -0.3 is 24.4 Å². The summed E-state index contributed by atoms with van der Waals surface area (Å²) in [6, 6.07) is 9.53. The van der Waals surface area contributed by atoms with Crippen LogP contribution in [0.2, 0.25) is 0 Å². The molecule has 0 saturated heterocycles. The maximum absolute atomic E-state index is 12.2. The number of likely N-dealkylation sites (N-methyl/N-ethyl adjacent to an activating group) is 2. The first-order valence-electron chi connectivity index (χ1n) is 14.1. The third-order valence-corrected chi connectivity index (χ3v) is 7.86. The van der Waals surface area contributed by atoms with Gasteiger partial charge in [0.05, 0.1) is 34.5 Å². The molecule has 0 aliphatic carbocycles. The molecule has 0 atom stereocenters. The number of anilines is 3. The van der Waals surface area contributed by atoms with Gasteiger partial charge in [0.25, 0.3) is 5.69 Å². The van der Waals surface area contributed by atoms with Gasteiger partial charge in [-0.3, -0.25) is 10.1 Å². The molecule has 0 amide bonds. The van der Waals surface area contributed by atoms with Crippen molar-refractivity contribution >= 4 is 33.9 Å². The molecule has 43 heavy (non-hydrogen) atoms. The van der Waals surface area contributed by atoms with Gasteiger partial charge in [0.15, 0.2) is 5.82 Å². The summed E-state index contributed by atoms with van der Waals surface area (Å²) in [7, 11) is 9.12. The van der Waals surface area contributed by atoms with Crippen LogP contribution in [0.25, 0.3) is 33.5 Å². The van der Waals surface area contributed by atoms with Gasteiger partial charge in [0.1, 0.15) is 17.8 Å². The summed E-state index contributed by atoms with van der Waals surface area (Å²) in [5.41, 5.74) is 5.70. The monoisotopic (exact) mass is 582 g/mol. The molecule has 2 aromatic carbocycles. The van der Waals surface area contributed by atoms with Gasteiger partial charge in [-0.05, 0) is 32.5 Å². The minimum Gasteiger partial charge on any atom is -0.494 e. The van der Waals surface area contributed by atoms with Crippen molar-refractivity contribution in [3.8, 4) is 28.4 Å². The molecule has 1 aliphatic heterocycles. The summed E-state index contributed by atoms with van der Waals surface area (Å²) >= 11 is 0. The highest BCUT2D eigenvalue weighted by Gasteiger charge is 2.25. The molecule has 0 radical (unpaired) electrons. The molecule has 13 nitrogen and oxygen atoms in total. The van der Waals surface area contributed by atoms with E-state index in [0.717, 1.165) is 42.4 Å². The first-order valence-corrected chi connectivity index (χ1v) is 14.1. The molecule has 1 aliphatic rings. The van der Waals surface area contributed by atoms with E-state index in [9.17, 15) is 10.1 Å². The average Bonchev–Trinajstić information content (AvgIpc) is 3.60. The number of aryl methyl sites for hydroxylation is 3. The minimum atomic E-state index is -0.385. The summed E-state index contributed by atoms with van der Waals surface area (Å²) in [6.07, 6.45) is 7.47. The Bertz CT molecular complexity index is 1830. The Labute approximate surface area is 248 Å². The predicted molar refractivity (Wildman–Crippen MR) is 166 cm³/mol. The Kier molecular flexibility index (Phi) is 7.40. The quantitative estimate of drug-likeness (QED) is 0.185. The first-order chi connectivity index (χ1) is 20.7. The third-order valence-electron chi connectivity index (χ3n) is 7.86. The van der Waals surface area contributed by atoms with Crippen LogP contribution in [-0.2, 0) is 20.0 Å². The van der Waals surface area contributed by atoms with E-state index in [4.69, 9.17) is 9.72 Å². The van der Waals surface area contributed by atoms with Crippen LogP contribution < -0.4 is 15.0 Å². The molecule has 1 N–H and O–H groups in total. The van der Waals surface area contributed by atoms with E-state index in [2.05, 4.69) is 49.3 Å². The Hall–Kier alpha value is -5.04. The zero-order valence-electron chi connectivity index (χ0n) is 24.9. The second-order valence-corrected chi connectivity index (χ2v) is 11.0. The summed E-state index contributed by atoms with van der Waals surface area (Å²) in [5, 5.41) is 20.7. The maximum atomic E-state index is 12.2. The molecule has 0 saturated carbocycles. The van der Waals surface area contributed by atoms with Gasteiger partial charge in [-0.1, -0.05) is 18.2 Å².